The van der Waals surface area contributed by atoms with E-state index < -0.39 is 0 Å². The number of nitrogen functional groups attached to an aromatic ring is 1. The zero-order chi connectivity index (χ0) is 12.7. The van der Waals surface area contributed by atoms with Crippen molar-refractivity contribution < 1.29 is 0 Å². The number of hydrogen-bond acceptors (Lipinski definition) is 2. The SMILES string of the molecule is CC(C)(C)c1cc(S)c(N)c(C(C)(C)C)c1. The van der Waals surface area contributed by atoms with Crippen molar-refractivity contribution in [3.8, 4) is 0 Å². The Bertz CT molecular complexity index is 394. The van der Waals surface area contributed by atoms with E-state index in [-0.39, 0.29) is 10.8 Å². The molecule has 0 heterocycles. The summed E-state index contributed by atoms with van der Waals surface area (Å²) in [5, 5.41) is 0. The van der Waals surface area contributed by atoms with Gasteiger partial charge in [-0.25, -0.2) is 0 Å². The van der Waals surface area contributed by atoms with Gasteiger partial charge in [0.1, 0.15) is 0 Å². The van der Waals surface area contributed by atoms with Crippen LogP contribution in [0.3, 0.4) is 0 Å². The highest BCUT2D eigenvalue weighted by Gasteiger charge is 2.22. The monoisotopic (exact) mass is 237 g/mol. The van der Waals surface area contributed by atoms with E-state index in [1.165, 1.54) is 11.1 Å². The van der Waals surface area contributed by atoms with Crippen LogP contribution in [0.15, 0.2) is 17.0 Å². The molecular weight excluding hydrogens is 214 g/mol. The van der Waals surface area contributed by atoms with E-state index >= 15 is 0 Å². The zero-order valence-corrected chi connectivity index (χ0v) is 12.1. The first-order valence-corrected chi connectivity index (χ1v) is 6.11. The standard InChI is InChI=1S/C14H23NS/c1-13(2,3)9-7-10(14(4,5)6)12(15)11(16)8-9/h7-8,16H,15H2,1-6H3. The number of rotatable bonds is 0. The molecule has 1 nitrogen and oxygen atoms in total. The van der Waals surface area contributed by atoms with Crippen molar-refractivity contribution in [2.45, 2.75) is 57.3 Å². The molecule has 0 bridgehead atoms. The Morgan fingerprint density at radius 1 is 0.938 bits per heavy atom. The van der Waals surface area contributed by atoms with Gasteiger partial charge in [-0.2, -0.15) is 0 Å². The molecule has 0 aliphatic heterocycles. The number of benzene rings is 1. The highest BCUT2D eigenvalue weighted by molar-refractivity contribution is 7.80. The van der Waals surface area contributed by atoms with Gasteiger partial charge >= 0.3 is 0 Å². The van der Waals surface area contributed by atoms with Gasteiger partial charge in [-0.05, 0) is 28.0 Å². The topological polar surface area (TPSA) is 26.0 Å². The quantitative estimate of drug-likeness (QED) is 0.514. The highest BCUT2D eigenvalue weighted by atomic mass is 32.1. The van der Waals surface area contributed by atoms with E-state index in [1.54, 1.807) is 0 Å². The molecule has 0 aromatic heterocycles. The fraction of sp³-hybridized carbons (Fsp3) is 0.571. The zero-order valence-electron chi connectivity index (χ0n) is 11.2. The normalized spacial score (nSPS) is 12.9. The van der Waals surface area contributed by atoms with Crippen LogP contribution in [0.1, 0.15) is 52.7 Å². The molecule has 0 saturated carbocycles. The van der Waals surface area contributed by atoms with Gasteiger partial charge in [-0.1, -0.05) is 47.6 Å². The molecule has 1 aromatic carbocycles. The molecule has 0 aliphatic carbocycles. The predicted octanol–water partition coefficient (Wildman–Crippen LogP) is 4.15. The second-order valence-corrected chi connectivity index (χ2v) is 6.94. The van der Waals surface area contributed by atoms with Crippen molar-refractivity contribution in [1.29, 1.82) is 0 Å². The van der Waals surface area contributed by atoms with Gasteiger partial charge < -0.3 is 5.73 Å². The second-order valence-electron chi connectivity index (χ2n) is 6.46. The second kappa shape index (κ2) is 3.99. The van der Waals surface area contributed by atoms with Gasteiger partial charge in [-0.15, -0.1) is 12.6 Å². The Hall–Kier alpha value is -0.630. The van der Waals surface area contributed by atoms with Gasteiger partial charge in [0.25, 0.3) is 0 Å². The van der Waals surface area contributed by atoms with Crippen LogP contribution >= 0.6 is 12.6 Å². The van der Waals surface area contributed by atoms with E-state index in [0.717, 1.165) is 10.6 Å². The van der Waals surface area contributed by atoms with Crippen LogP contribution in [-0.4, -0.2) is 0 Å². The minimum atomic E-state index is 0.0584. The lowest BCUT2D eigenvalue weighted by Gasteiger charge is -2.27. The van der Waals surface area contributed by atoms with Gasteiger partial charge in [0, 0.05) is 10.6 Å². The van der Waals surface area contributed by atoms with Crippen LogP contribution in [0.25, 0.3) is 0 Å². The molecule has 0 fully saturated rings. The van der Waals surface area contributed by atoms with Crippen LogP contribution in [-0.2, 0) is 10.8 Å². The maximum absolute atomic E-state index is 6.10. The van der Waals surface area contributed by atoms with Crippen molar-refractivity contribution in [3.63, 3.8) is 0 Å². The van der Waals surface area contributed by atoms with Crippen LogP contribution < -0.4 is 5.73 Å². The minimum absolute atomic E-state index is 0.0584. The van der Waals surface area contributed by atoms with Gasteiger partial charge in [0.2, 0.25) is 0 Å². The average molecular weight is 237 g/mol. The van der Waals surface area contributed by atoms with Crippen molar-refractivity contribution in [1.82, 2.24) is 0 Å². The first kappa shape index (κ1) is 13.4. The number of hydrogen-bond donors (Lipinski definition) is 2. The molecule has 0 aliphatic rings. The number of nitrogens with two attached hydrogens (primary N) is 1. The van der Waals surface area contributed by atoms with Crippen LogP contribution in [0.4, 0.5) is 5.69 Å². The molecule has 0 spiro atoms. The Kier molecular flexibility index (Phi) is 3.35. The Morgan fingerprint density at radius 3 is 1.81 bits per heavy atom. The van der Waals surface area contributed by atoms with Gasteiger partial charge in [0.05, 0.1) is 0 Å². The Morgan fingerprint density at radius 2 is 1.44 bits per heavy atom. The lowest BCUT2D eigenvalue weighted by Crippen LogP contribution is -2.18. The van der Waals surface area contributed by atoms with Crippen molar-refractivity contribution in [2.75, 3.05) is 5.73 Å². The highest BCUT2D eigenvalue weighted by Crippen LogP contribution is 2.36. The van der Waals surface area contributed by atoms with Gasteiger partial charge in [0.15, 0.2) is 0 Å². The summed E-state index contributed by atoms with van der Waals surface area (Å²) in [6, 6.07) is 4.29. The van der Waals surface area contributed by atoms with E-state index in [0.29, 0.717) is 0 Å². The molecule has 0 radical (unpaired) electrons. The third kappa shape index (κ3) is 2.73. The lowest BCUT2D eigenvalue weighted by molar-refractivity contribution is 0.567. The molecule has 2 heteroatoms. The molecule has 0 unspecified atom stereocenters. The summed E-state index contributed by atoms with van der Waals surface area (Å²) in [4.78, 5) is 0.886. The molecule has 0 atom stereocenters. The maximum Gasteiger partial charge on any atom is 0.0487 e. The first-order chi connectivity index (χ1) is 7.03. The third-order valence-corrected chi connectivity index (χ3v) is 3.20. The molecule has 1 rings (SSSR count). The Labute approximate surface area is 105 Å². The van der Waals surface area contributed by atoms with Crippen molar-refractivity contribution >= 4 is 18.3 Å². The number of anilines is 1. The van der Waals surface area contributed by atoms with Gasteiger partial charge in [-0.3, -0.25) is 0 Å². The summed E-state index contributed by atoms with van der Waals surface area (Å²) in [5.74, 6) is 0. The fourth-order valence-corrected chi connectivity index (χ4v) is 1.95. The minimum Gasteiger partial charge on any atom is -0.398 e. The maximum atomic E-state index is 6.10. The van der Waals surface area contributed by atoms with E-state index in [4.69, 9.17) is 5.73 Å². The smallest absolute Gasteiger partial charge is 0.0487 e. The summed E-state index contributed by atoms with van der Waals surface area (Å²) in [7, 11) is 0. The summed E-state index contributed by atoms with van der Waals surface area (Å²) in [6.07, 6.45) is 0. The molecule has 16 heavy (non-hydrogen) atoms. The lowest BCUT2D eigenvalue weighted by atomic mass is 9.80. The van der Waals surface area contributed by atoms with Crippen molar-refractivity contribution in [3.05, 3.63) is 23.3 Å². The molecule has 1 aromatic rings. The average Bonchev–Trinajstić information content (AvgIpc) is 2.05. The van der Waals surface area contributed by atoms with E-state index in [2.05, 4.69) is 66.3 Å². The molecule has 0 saturated heterocycles. The summed E-state index contributed by atoms with van der Waals surface area (Å²) < 4.78 is 0. The predicted molar refractivity (Wildman–Crippen MR) is 75.5 cm³/mol. The van der Waals surface area contributed by atoms with Crippen LogP contribution in [0, 0.1) is 0 Å². The van der Waals surface area contributed by atoms with E-state index in [1.807, 2.05) is 0 Å². The van der Waals surface area contributed by atoms with Crippen LogP contribution in [0.5, 0.6) is 0 Å². The first-order valence-electron chi connectivity index (χ1n) is 5.67. The summed E-state index contributed by atoms with van der Waals surface area (Å²) >= 11 is 4.48. The largest absolute Gasteiger partial charge is 0.398 e. The van der Waals surface area contributed by atoms with Crippen LogP contribution in [0.2, 0.25) is 0 Å². The summed E-state index contributed by atoms with van der Waals surface area (Å²) in [6.45, 7) is 13.2. The third-order valence-electron chi connectivity index (χ3n) is 2.83. The molecule has 2 N–H and O–H groups in total. The van der Waals surface area contributed by atoms with Crippen molar-refractivity contribution in [2.24, 2.45) is 0 Å². The van der Waals surface area contributed by atoms with E-state index in [9.17, 15) is 0 Å². The number of thiol groups is 1. The Balaban J connectivity index is 3.46. The fourth-order valence-electron chi connectivity index (χ4n) is 1.69. The molecule has 0 amide bonds. The molecule has 90 valence electrons. The summed E-state index contributed by atoms with van der Waals surface area (Å²) in [5.41, 5.74) is 9.58. The molecular formula is C14H23NS.